The number of nitrogens with two attached hydrogens (primary N) is 1. The topological polar surface area (TPSA) is 79.1 Å². The fraction of sp³-hybridized carbons (Fsp3) is 0.182. The average Bonchev–Trinajstić information content (AvgIpc) is 2.62. The standard InChI is InChI=1S/C11H12N2O2.Mg.2H/c12-9(11(14)15)5-7-6-13-10-4-2-1-3-8(7)10;;;/h1-4,6,9,13H,5,12H2,(H,14,15);;;/t9-;;;/m1.../s1. The molecule has 0 unspecified atom stereocenters. The molecule has 0 aliphatic carbocycles. The van der Waals surface area contributed by atoms with Crippen molar-refractivity contribution in [3.05, 3.63) is 36.0 Å². The molecule has 4 nitrogen and oxygen atoms in total. The number of carboxylic acids is 1. The maximum Gasteiger partial charge on any atom is 0.320 e. The molecule has 1 aromatic carbocycles. The van der Waals surface area contributed by atoms with Gasteiger partial charge in [-0.1, -0.05) is 18.2 Å². The van der Waals surface area contributed by atoms with Crippen molar-refractivity contribution in [3.63, 3.8) is 0 Å². The Hall–Kier alpha value is -1.04. The Morgan fingerprint density at radius 1 is 1.44 bits per heavy atom. The molecule has 1 heterocycles. The van der Waals surface area contributed by atoms with Crippen LogP contribution in [0, 0.1) is 0 Å². The van der Waals surface area contributed by atoms with Crippen LogP contribution in [0.1, 0.15) is 5.56 Å². The molecule has 0 saturated carbocycles. The van der Waals surface area contributed by atoms with E-state index in [1.807, 2.05) is 30.5 Å². The largest absolute Gasteiger partial charge is 0.480 e. The fourth-order valence-electron chi connectivity index (χ4n) is 1.62. The Morgan fingerprint density at radius 3 is 2.81 bits per heavy atom. The van der Waals surface area contributed by atoms with Crippen molar-refractivity contribution in [2.24, 2.45) is 5.73 Å². The van der Waals surface area contributed by atoms with E-state index < -0.39 is 12.0 Å². The lowest BCUT2D eigenvalue weighted by Crippen LogP contribution is -2.32. The molecule has 2 aromatic rings. The third-order valence-electron chi connectivity index (χ3n) is 2.43. The summed E-state index contributed by atoms with van der Waals surface area (Å²) >= 11 is 0. The molecule has 2 rings (SSSR count). The smallest absolute Gasteiger partial charge is 0.320 e. The number of H-pyrrole nitrogens is 1. The van der Waals surface area contributed by atoms with Crippen LogP contribution < -0.4 is 5.73 Å². The summed E-state index contributed by atoms with van der Waals surface area (Å²) in [6, 6.07) is 6.91. The van der Waals surface area contributed by atoms with E-state index in [1.165, 1.54) is 0 Å². The highest BCUT2D eigenvalue weighted by Gasteiger charge is 2.14. The Morgan fingerprint density at radius 2 is 2.12 bits per heavy atom. The molecule has 0 aliphatic rings. The van der Waals surface area contributed by atoms with Gasteiger partial charge in [-0.05, 0) is 11.6 Å². The van der Waals surface area contributed by atoms with Gasteiger partial charge in [0.1, 0.15) is 6.04 Å². The van der Waals surface area contributed by atoms with E-state index in [0.29, 0.717) is 6.42 Å². The first kappa shape index (κ1) is 13.0. The third-order valence-corrected chi connectivity index (χ3v) is 2.43. The highest BCUT2D eigenvalue weighted by Crippen LogP contribution is 2.18. The molecule has 1 atom stereocenters. The molecule has 0 bridgehead atoms. The molecule has 1 aromatic heterocycles. The van der Waals surface area contributed by atoms with Crippen molar-refractivity contribution in [2.75, 3.05) is 0 Å². The SMILES string of the molecule is N[C@H](Cc1c[nH]c2ccccc12)C(=O)O.[MgH2]. The summed E-state index contributed by atoms with van der Waals surface area (Å²) in [7, 11) is 0. The number of fused-ring (bicyclic) bond motifs is 1. The minimum atomic E-state index is -0.972. The lowest BCUT2D eigenvalue weighted by Gasteiger charge is -2.04. The summed E-state index contributed by atoms with van der Waals surface area (Å²) < 4.78 is 0. The molecule has 0 aliphatic heterocycles. The number of aromatic amines is 1. The van der Waals surface area contributed by atoms with Crippen LogP contribution >= 0.6 is 0 Å². The van der Waals surface area contributed by atoms with Gasteiger partial charge >= 0.3 is 29.0 Å². The van der Waals surface area contributed by atoms with E-state index in [4.69, 9.17) is 10.8 Å². The zero-order valence-electron chi connectivity index (χ0n) is 8.10. The average molecular weight is 231 g/mol. The first-order valence-corrected chi connectivity index (χ1v) is 4.72. The lowest BCUT2D eigenvalue weighted by atomic mass is 10.1. The molecular formula is C11H14MgN2O2. The van der Waals surface area contributed by atoms with Crippen LogP contribution in [-0.4, -0.2) is 45.2 Å². The Bertz CT molecular complexity index is 495. The molecule has 16 heavy (non-hydrogen) atoms. The second-order valence-corrected chi connectivity index (χ2v) is 3.51. The van der Waals surface area contributed by atoms with Crippen LogP contribution in [0.4, 0.5) is 0 Å². The van der Waals surface area contributed by atoms with E-state index in [0.717, 1.165) is 16.5 Å². The summed E-state index contributed by atoms with van der Waals surface area (Å²) in [5, 5.41) is 9.75. The number of nitrogens with one attached hydrogen (secondary N) is 1. The first-order valence-electron chi connectivity index (χ1n) is 4.72. The molecule has 0 spiro atoms. The number of aliphatic carboxylic acids is 1. The van der Waals surface area contributed by atoms with Crippen LogP contribution in [0.15, 0.2) is 30.5 Å². The van der Waals surface area contributed by atoms with Gasteiger partial charge in [0.05, 0.1) is 0 Å². The van der Waals surface area contributed by atoms with Gasteiger partial charge in [0.2, 0.25) is 0 Å². The summed E-state index contributed by atoms with van der Waals surface area (Å²) in [6.07, 6.45) is 2.16. The van der Waals surface area contributed by atoms with Gasteiger partial charge in [0.25, 0.3) is 0 Å². The number of aromatic nitrogens is 1. The van der Waals surface area contributed by atoms with E-state index in [9.17, 15) is 4.79 Å². The van der Waals surface area contributed by atoms with Crippen LogP contribution in [0.3, 0.4) is 0 Å². The molecule has 0 saturated heterocycles. The van der Waals surface area contributed by atoms with Gasteiger partial charge < -0.3 is 15.8 Å². The van der Waals surface area contributed by atoms with Crippen molar-refractivity contribution in [1.82, 2.24) is 4.98 Å². The van der Waals surface area contributed by atoms with E-state index in [2.05, 4.69) is 4.98 Å². The summed E-state index contributed by atoms with van der Waals surface area (Å²) in [5.74, 6) is -0.972. The van der Waals surface area contributed by atoms with Gasteiger partial charge in [0, 0.05) is 23.5 Å². The van der Waals surface area contributed by atoms with Crippen molar-refractivity contribution in [2.45, 2.75) is 12.5 Å². The number of hydrogen-bond acceptors (Lipinski definition) is 2. The predicted molar refractivity (Wildman–Crippen MR) is 66.2 cm³/mol. The number of rotatable bonds is 3. The van der Waals surface area contributed by atoms with Gasteiger partial charge in [-0.3, -0.25) is 4.79 Å². The molecule has 0 fully saturated rings. The number of carboxylic acid groups (broad SMARTS) is 1. The monoisotopic (exact) mass is 230 g/mol. The molecule has 4 N–H and O–H groups in total. The van der Waals surface area contributed by atoms with Crippen molar-refractivity contribution in [3.8, 4) is 0 Å². The highest BCUT2D eigenvalue weighted by atomic mass is 24.3. The molecule has 0 radical (unpaired) electrons. The van der Waals surface area contributed by atoms with Gasteiger partial charge in [-0.15, -0.1) is 0 Å². The summed E-state index contributed by atoms with van der Waals surface area (Å²) in [5.41, 5.74) is 7.43. The van der Waals surface area contributed by atoms with E-state index in [1.54, 1.807) is 0 Å². The van der Waals surface area contributed by atoms with E-state index >= 15 is 0 Å². The molecule has 5 heteroatoms. The minimum absolute atomic E-state index is 0. The second kappa shape index (κ2) is 5.33. The van der Waals surface area contributed by atoms with Crippen LogP contribution in [0.5, 0.6) is 0 Å². The van der Waals surface area contributed by atoms with E-state index in [-0.39, 0.29) is 23.1 Å². The molecule has 82 valence electrons. The van der Waals surface area contributed by atoms with Crippen LogP contribution in [0.25, 0.3) is 10.9 Å². The fourth-order valence-corrected chi connectivity index (χ4v) is 1.62. The van der Waals surface area contributed by atoms with Crippen molar-refractivity contribution in [1.29, 1.82) is 0 Å². The van der Waals surface area contributed by atoms with Gasteiger partial charge in [0.15, 0.2) is 0 Å². The van der Waals surface area contributed by atoms with Crippen molar-refractivity contribution >= 4 is 39.9 Å². The summed E-state index contributed by atoms with van der Waals surface area (Å²) in [6.45, 7) is 0. The molecule has 0 amide bonds. The van der Waals surface area contributed by atoms with Gasteiger partial charge in [-0.25, -0.2) is 0 Å². The number of benzene rings is 1. The minimum Gasteiger partial charge on any atom is -0.480 e. The molecular weight excluding hydrogens is 216 g/mol. The first-order chi connectivity index (χ1) is 7.18. The Kier molecular flexibility index (Phi) is 4.34. The third kappa shape index (κ3) is 2.55. The number of para-hydroxylation sites is 1. The lowest BCUT2D eigenvalue weighted by molar-refractivity contribution is -0.138. The quantitative estimate of drug-likeness (QED) is 0.660. The number of hydrogen-bond donors (Lipinski definition) is 3. The van der Waals surface area contributed by atoms with Crippen LogP contribution in [0.2, 0.25) is 0 Å². The maximum atomic E-state index is 10.6. The number of carbonyl (C=O) groups is 1. The normalized spacial score (nSPS) is 12.1. The van der Waals surface area contributed by atoms with Crippen molar-refractivity contribution < 1.29 is 9.90 Å². The Balaban J connectivity index is 0.00000128. The zero-order chi connectivity index (χ0) is 10.8. The second-order valence-electron chi connectivity index (χ2n) is 3.51. The highest BCUT2D eigenvalue weighted by molar-refractivity contribution is 5.84. The predicted octanol–water partition coefficient (Wildman–Crippen LogP) is 0.206. The van der Waals surface area contributed by atoms with Gasteiger partial charge in [-0.2, -0.15) is 0 Å². The Labute approximate surface area is 109 Å². The summed E-state index contributed by atoms with van der Waals surface area (Å²) in [4.78, 5) is 13.7. The van der Waals surface area contributed by atoms with Crippen LogP contribution in [-0.2, 0) is 11.2 Å². The maximum absolute atomic E-state index is 10.6. The zero-order valence-corrected chi connectivity index (χ0v) is 8.10.